The van der Waals surface area contributed by atoms with Crippen molar-refractivity contribution in [2.45, 2.75) is 32.4 Å². The number of thiazole rings is 1. The van der Waals surface area contributed by atoms with E-state index in [-0.39, 0.29) is 5.75 Å². The minimum absolute atomic E-state index is 0.159. The van der Waals surface area contributed by atoms with Crippen LogP contribution in [-0.2, 0) is 6.54 Å². The number of rotatable bonds is 6. The van der Waals surface area contributed by atoms with Gasteiger partial charge in [0.25, 0.3) is 0 Å². The number of nitrogens with zero attached hydrogens (tertiary/aromatic N) is 2. The Morgan fingerprint density at radius 3 is 2.86 bits per heavy atom. The van der Waals surface area contributed by atoms with Gasteiger partial charge in [-0.15, -0.1) is 0 Å². The molecule has 0 unspecified atom stereocenters. The first-order valence-electron chi connectivity index (χ1n) is 9.71. The number of aromatic hydroxyl groups is 1. The number of hydrogen-bond acceptors (Lipinski definition) is 6. The van der Waals surface area contributed by atoms with E-state index >= 15 is 0 Å². The van der Waals surface area contributed by atoms with Gasteiger partial charge in [-0.25, -0.2) is 9.37 Å². The zero-order valence-electron chi connectivity index (χ0n) is 16.1. The smallest absolute Gasteiger partial charge is 0.184 e. The fourth-order valence-corrected chi connectivity index (χ4v) is 4.81. The summed E-state index contributed by atoms with van der Waals surface area (Å²) in [7, 11) is 0. The Morgan fingerprint density at radius 1 is 1.31 bits per heavy atom. The minimum Gasteiger partial charge on any atom is -0.504 e. The molecule has 0 saturated carbocycles. The van der Waals surface area contributed by atoms with Crippen LogP contribution in [-0.4, -0.2) is 40.7 Å². The van der Waals surface area contributed by atoms with E-state index in [1.54, 1.807) is 17.4 Å². The number of fused-ring (bicyclic) bond motifs is 1. The molecule has 0 spiro atoms. The van der Waals surface area contributed by atoms with Gasteiger partial charge in [-0.1, -0.05) is 22.9 Å². The molecule has 1 aromatic heterocycles. The normalized spacial score (nSPS) is 15.7. The van der Waals surface area contributed by atoms with Gasteiger partial charge in [0.2, 0.25) is 0 Å². The van der Waals surface area contributed by atoms with Crippen LogP contribution in [0.15, 0.2) is 30.3 Å². The van der Waals surface area contributed by atoms with Gasteiger partial charge in [0.05, 0.1) is 16.8 Å². The predicted octanol–water partition coefficient (Wildman–Crippen LogP) is 5.27. The van der Waals surface area contributed by atoms with E-state index in [2.05, 4.69) is 15.2 Å². The van der Waals surface area contributed by atoms with Crippen molar-refractivity contribution in [2.24, 2.45) is 0 Å². The van der Waals surface area contributed by atoms with Crippen molar-refractivity contribution in [1.82, 2.24) is 9.88 Å². The van der Waals surface area contributed by atoms with Gasteiger partial charge in [-0.05, 0) is 44.0 Å². The average molecular weight is 436 g/mol. The number of aromatic nitrogens is 1. The number of likely N-dealkylation sites (tertiary alicyclic amines) is 1. The maximum atomic E-state index is 14.2. The molecule has 0 aliphatic carbocycles. The number of phenols is 1. The van der Waals surface area contributed by atoms with Crippen LogP contribution >= 0.6 is 22.9 Å². The summed E-state index contributed by atoms with van der Waals surface area (Å²) in [5.74, 6) is -0.233. The Labute approximate surface area is 178 Å². The largest absolute Gasteiger partial charge is 0.504 e. The number of phenolic OH excluding ortho intramolecular Hbond substituents is 1. The molecule has 5 nitrogen and oxygen atoms in total. The van der Waals surface area contributed by atoms with Gasteiger partial charge in [0, 0.05) is 42.3 Å². The summed E-state index contributed by atoms with van der Waals surface area (Å²) in [4.78, 5) is 6.85. The second-order valence-electron chi connectivity index (χ2n) is 7.17. The summed E-state index contributed by atoms with van der Waals surface area (Å²) in [6.07, 6.45) is 1.91. The lowest BCUT2D eigenvalue weighted by Gasteiger charge is -2.32. The summed E-state index contributed by atoms with van der Waals surface area (Å²) in [6.45, 7) is 4.48. The Morgan fingerprint density at radius 2 is 2.10 bits per heavy atom. The zero-order valence-corrected chi connectivity index (χ0v) is 17.7. The first kappa shape index (κ1) is 20.2. The van der Waals surface area contributed by atoms with E-state index < -0.39 is 5.82 Å². The van der Waals surface area contributed by atoms with Crippen LogP contribution < -0.4 is 10.1 Å². The molecule has 2 aromatic carbocycles. The van der Waals surface area contributed by atoms with E-state index in [0.717, 1.165) is 52.4 Å². The van der Waals surface area contributed by atoms with E-state index in [4.69, 9.17) is 16.3 Å². The summed E-state index contributed by atoms with van der Waals surface area (Å²) in [6, 6.07) is 8.80. The maximum Gasteiger partial charge on any atom is 0.184 e. The van der Waals surface area contributed by atoms with Gasteiger partial charge >= 0.3 is 0 Å². The third-order valence-corrected chi connectivity index (χ3v) is 6.27. The summed E-state index contributed by atoms with van der Waals surface area (Å²) in [5.41, 5.74) is 1.49. The fourth-order valence-electron chi connectivity index (χ4n) is 3.59. The molecule has 1 aliphatic heterocycles. The molecule has 4 rings (SSSR count). The predicted molar refractivity (Wildman–Crippen MR) is 116 cm³/mol. The molecule has 29 heavy (non-hydrogen) atoms. The molecule has 0 atom stereocenters. The van der Waals surface area contributed by atoms with Crippen LogP contribution in [0.1, 0.15) is 25.3 Å². The average Bonchev–Trinajstić information content (AvgIpc) is 3.08. The van der Waals surface area contributed by atoms with Gasteiger partial charge in [-0.3, -0.25) is 4.90 Å². The molecule has 3 aromatic rings. The van der Waals surface area contributed by atoms with E-state index in [1.807, 2.05) is 25.1 Å². The van der Waals surface area contributed by atoms with Gasteiger partial charge in [0.1, 0.15) is 5.82 Å². The van der Waals surface area contributed by atoms with Crippen molar-refractivity contribution in [3.05, 3.63) is 46.7 Å². The first-order valence-corrected chi connectivity index (χ1v) is 10.9. The molecule has 0 radical (unpaired) electrons. The monoisotopic (exact) mass is 435 g/mol. The van der Waals surface area contributed by atoms with E-state index in [1.165, 1.54) is 0 Å². The highest BCUT2D eigenvalue weighted by Crippen LogP contribution is 2.31. The number of halogens is 2. The van der Waals surface area contributed by atoms with E-state index in [0.29, 0.717) is 30.5 Å². The number of hydrogen-bond donors (Lipinski definition) is 2. The van der Waals surface area contributed by atoms with Crippen molar-refractivity contribution < 1.29 is 14.2 Å². The van der Waals surface area contributed by atoms with Gasteiger partial charge < -0.3 is 15.2 Å². The van der Waals surface area contributed by atoms with Crippen molar-refractivity contribution in [1.29, 1.82) is 0 Å². The molecule has 1 saturated heterocycles. The van der Waals surface area contributed by atoms with Crippen molar-refractivity contribution in [2.75, 3.05) is 25.0 Å². The quantitative estimate of drug-likeness (QED) is 0.552. The third-order valence-electron chi connectivity index (χ3n) is 5.09. The molecular weight excluding hydrogens is 413 g/mol. The molecular formula is C21H23ClFN3O2S. The van der Waals surface area contributed by atoms with Crippen LogP contribution in [0.3, 0.4) is 0 Å². The highest BCUT2D eigenvalue weighted by Gasteiger charge is 2.22. The summed E-state index contributed by atoms with van der Waals surface area (Å²) < 4.78 is 20.7. The second-order valence-corrected chi connectivity index (χ2v) is 8.64. The second kappa shape index (κ2) is 8.73. The Balaban J connectivity index is 1.35. The molecule has 154 valence electrons. The van der Waals surface area contributed by atoms with Crippen molar-refractivity contribution >= 4 is 38.3 Å². The van der Waals surface area contributed by atoms with Crippen LogP contribution in [0.5, 0.6) is 11.5 Å². The van der Waals surface area contributed by atoms with Crippen molar-refractivity contribution in [3.8, 4) is 11.5 Å². The zero-order chi connectivity index (χ0) is 20.4. The third kappa shape index (κ3) is 4.74. The molecule has 2 N–H and O–H groups in total. The molecule has 0 amide bonds. The first-order chi connectivity index (χ1) is 14.0. The number of nitrogens with one attached hydrogen (secondary N) is 1. The maximum absolute atomic E-state index is 14.2. The SMILES string of the molecule is CCOc1cc(CN2CCC(Nc3nc4ccc(Cl)cc4s3)CC2)c(F)cc1O. The number of piperidine rings is 1. The van der Waals surface area contributed by atoms with E-state index in [9.17, 15) is 9.50 Å². The minimum atomic E-state index is -0.403. The molecule has 0 bridgehead atoms. The summed E-state index contributed by atoms with van der Waals surface area (Å²) >= 11 is 7.66. The van der Waals surface area contributed by atoms with Gasteiger partial charge in [-0.2, -0.15) is 0 Å². The number of benzene rings is 2. The highest BCUT2D eigenvalue weighted by atomic mass is 35.5. The molecule has 2 heterocycles. The van der Waals surface area contributed by atoms with Crippen LogP contribution in [0.4, 0.5) is 9.52 Å². The molecule has 1 aliphatic rings. The lowest BCUT2D eigenvalue weighted by molar-refractivity contribution is 0.208. The topological polar surface area (TPSA) is 57.6 Å². The molecule has 8 heteroatoms. The lowest BCUT2D eigenvalue weighted by atomic mass is 10.0. The van der Waals surface area contributed by atoms with Crippen LogP contribution in [0.2, 0.25) is 5.02 Å². The number of anilines is 1. The molecule has 1 fully saturated rings. The lowest BCUT2D eigenvalue weighted by Crippen LogP contribution is -2.38. The standard InChI is InChI=1S/C21H23ClFN3O2S/c1-2-28-19-9-13(16(23)11-18(19)27)12-26-7-5-15(6-8-26)24-21-25-17-4-3-14(22)10-20(17)29-21/h3-4,9-11,15,27H,2,5-8,12H2,1H3,(H,24,25). The number of ether oxygens (including phenoxy) is 1. The van der Waals surface area contributed by atoms with Crippen LogP contribution in [0.25, 0.3) is 10.2 Å². The van der Waals surface area contributed by atoms with Gasteiger partial charge in [0.15, 0.2) is 16.6 Å². The van der Waals surface area contributed by atoms with Crippen LogP contribution in [0, 0.1) is 5.82 Å². The Kier molecular flexibility index (Phi) is 6.08. The van der Waals surface area contributed by atoms with Crippen molar-refractivity contribution in [3.63, 3.8) is 0 Å². The highest BCUT2D eigenvalue weighted by molar-refractivity contribution is 7.22. The Bertz CT molecular complexity index is 1010. The summed E-state index contributed by atoms with van der Waals surface area (Å²) in [5, 5.41) is 15.0. The fraction of sp³-hybridized carbons (Fsp3) is 0.381. The Hall–Kier alpha value is -2.09.